The number of hydrogen-bond donors (Lipinski definition) is 2. The average molecular weight is 229 g/mol. The lowest BCUT2D eigenvalue weighted by molar-refractivity contribution is 0.0675. The van der Waals surface area contributed by atoms with Crippen LogP contribution in [0.5, 0.6) is 0 Å². The maximum absolute atomic E-state index is 12.1. The summed E-state index contributed by atoms with van der Waals surface area (Å²) in [5.74, 6) is -1.84. The number of hydrogen-bond acceptors (Lipinski definition) is 3. The number of aromatic nitrogens is 2. The van der Waals surface area contributed by atoms with E-state index in [0.717, 1.165) is 4.90 Å². The molecular weight excluding hydrogens is 217 g/mol. The Labute approximate surface area is 91.1 Å². The second-order valence-electron chi connectivity index (χ2n) is 3.29. The number of H-pyrrole nitrogens is 1. The number of aromatic amines is 1. The highest BCUT2D eigenvalue weighted by Gasteiger charge is 2.24. The van der Waals surface area contributed by atoms with Gasteiger partial charge in [-0.15, -0.1) is 0 Å². The van der Waals surface area contributed by atoms with Gasteiger partial charge >= 0.3 is 5.97 Å². The lowest BCUT2D eigenvalue weighted by Crippen LogP contribution is -2.30. The van der Waals surface area contributed by atoms with Gasteiger partial charge < -0.3 is 10.0 Å². The minimum Gasteiger partial charge on any atom is -0.476 e. The van der Waals surface area contributed by atoms with Gasteiger partial charge in [0.1, 0.15) is 6.67 Å². The fourth-order valence-electron chi connectivity index (χ4n) is 1.26. The minimum atomic E-state index is -1.29. The van der Waals surface area contributed by atoms with Gasteiger partial charge in [-0.3, -0.25) is 9.89 Å². The molecule has 1 amide bonds. The summed E-state index contributed by atoms with van der Waals surface area (Å²) in [5.41, 5.74) is -0.00948. The zero-order valence-electron chi connectivity index (χ0n) is 8.95. The largest absolute Gasteiger partial charge is 0.476 e. The number of carbonyl (C=O) groups excluding carboxylic acids is 1. The SMILES string of the molecule is Cc1[nH]nc(C(=O)O)c1C(=O)N(C)CCF. The van der Waals surface area contributed by atoms with Crippen LogP contribution in [0.25, 0.3) is 0 Å². The van der Waals surface area contributed by atoms with Crippen molar-refractivity contribution in [3.63, 3.8) is 0 Å². The van der Waals surface area contributed by atoms with Crippen molar-refractivity contribution in [1.82, 2.24) is 15.1 Å². The van der Waals surface area contributed by atoms with Crippen LogP contribution in [0.3, 0.4) is 0 Å². The van der Waals surface area contributed by atoms with E-state index in [1.165, 1.54) is 14.0 Å². The highest BCUT2D eigenvalue weighted by Crippen LogP contribution is 2.13. The number of carboxylic acids is 1. The van der Waals surface area contributed by atoms with Crippen molar-refractivity contribution < 1.29 is 19.1 Å². The van der Waals surface area contributed by atoms with Crippen molar-refractivity contribution >= 4 is 11.9 Å². The van der Waals surface area contributed by atoms with Crippen molar-refractivity contribution in [2.24, 2.45) is 0 Å². The topological polar surface area (TPSA) is 86.3 Å². The molecule has 0 spiro atoms. The van der Waals surface area contributed by atoms with E-state index in [1.54, 1.807) is 0 Å². The minimum absolute atomic E-state index is 0.0246. The first-order valence-electron chi connectivity index (χ1n) is 4.58. The second-order valence-corrected chi connectivity index (χ2v) is 3.29. The molecule has 0 aromatic carbocycles. The molecule has 0 aliphatic carbocycles. The van der Waals surface area contributed by atoms with E-state index in [-0.39, 0.29) is 17.8 Å². The van der Waals surface area contributed by atoms with Crippen molar-refractivity contribution in [3.05, 3.63) is 17.0 Å². The van der Waals surface area contributed by atoms with Crippen LogP contribution in [0, 0.1) is 6.92 Å². The second kappa shape index (κ2) is 4.73. The van der Waals surface area contributed by atoms with Gasteiger partial charge in [0, 0.05) is 19.3 Å². The highest BCUT2D eigenvalue weighted by atomic mass is 19.1. The van der Waals surface area contributed by atoms with Crippen LogP contribution in [-0.4, -0.2) is 52.3 Å². The monoisotopic (exact) mass is 229 g/mol. The predicted octanol–water partition coefficient (Wildman–Crippen LogP) is 0.458. The van der Waals surface area contributed by atoms with Crippen LogP contribution in [0.2, 0.25) is 0 Å². The van der Waals surface area contributed by atoms with E-state index < -0.39 is 18.6 Å². The zero-order valence-corrected chi connectivity index (χ0v) is 8.95. The van der Waals surface area contributed by atoms with E-state index in [2.05, 4.69) is 10.2 Å². The van der Waals surface area contributed by atoms with E-state index in [1.807, 2.05) is 0 Å². The smallest absolute Gasteiger partial charge is 0.357 e. The first-order valence-corrected chi connectivity index (χ1v) is 4.58. The summed E-state index contributed by atoms with van der Waals surface area (Å²) in [7, 11) is 1.40. The molecule has 16 heavy (non-hydrogen) atoms. The normalized spacial score (nSPS) is 10.2. The third-order valence-corrected chi connectivity index (χ3v) is 2.13. The maximum Gasteiger partial charge on any atom is 0.357 e. The average Bonchev–Trinajstić information content (AvgIpc) is 2.59. The molecule has 0 aliphatic heterocycles. The lowest BCUT2D eigenvalue weighted by atomic mass is 10.1. The molecule has 0 fully saturated rings. The standard InChI is InChI=1S/C9H12FN3O3/c1-5-6(7(9(15)16)12-11-5)8(14)13(2)4-3-10/h3-4H2,1-2H3,(H,11,12)(H,15,16). The third kappa shape index (κ3) is 2.18. The first kappa shape index (κ1) is 12.2. The Balaban J connectivity index is 3.07. The van der Waals surface area contributed by atoms with Crippen molar-refractivity contribution in [2.75, 3.05) is 20.3 Å². The molecule has 0 radical (unpaired) electrons. The number of alkyl halides is 1. The lowest BCUT2D eigenvalue weighted by Gasteiger charge is -2.14. The number of rotatable bonds is 4. The van der Waals surface area contributed by atoms with Crippen LogP contribution in [0.15, 0.2) is 0 Å². The summed E-state index contributed by atoms with van der Waals surface area (Å²) in [6.45, 7) is 0.778. The predicted molar refractivity (Wildman–Crippen MR) is 53.2 cm³/mol. The van der Waals surface area contributed by atoms with Gasteiger partial charge in [-0.1, -0.05) is 0 Å². The van der Waals surface area contributed by atoms with Crippen molar-refractivity contribution in [1.29, 1.82) is 0 Å². The maximum atomic E-state index is 12.1. The number of amides is 1. The van der Waals surface area contributed by atoms with E-state index in [4.69, 9.17) is 5.11 Å². The van der Waals surface area contributed by atoms with Crippen molar-refractivity contribution in [3.8, 4) is 0 Å². The Morgan fingerprint density at radius 1 is 1.56 bits per heavy atom. The number of halogens is 1. The van der Waals surface area contributed by atoms with Crippen molar-refractivity contribution in [2.45, 2.75) is 6.92 Å². The number of nitrogens with one attached hydrogen (secondary N) is 1. The van der Waals surface area contributed by atoms with Crippen LogP contribution in [0.1, 0.15) is 26.5 Å². The number of nitrogens with zero attached hydrogens (tertiary/aromatic N) is 2. The molecule has 0 atom stereocenters. The third-order valence-electron chi connectivity index (χ3n) is 2.13. The van der Waals surface area contributed by atoms with Gasteiger partial charge in [0.25, 0.3) is 5.91 Å². The number of carbonyl (C=O) groups is 2. The highest BCUT2D eigenvalue weighted by molar-refractivity contribution is 6.04. The van der Waals surface area contributed by atoms with Crippen LogP contribution in [-0.2, 0) is 0 Å². The molecule has 1 heterocycles. The Morgan fingerprint density at radius 2 is 2.19 bits per heavy atom. The zero-order chi connectivity index (χ0) is 12.3. The summed E-state index contributed by atoms with van der Waals surface area (Å²) < 4.78 is 12.1. The molecule has 88 valence electrons. The van der Waals surface area contributed by atoms with Gasteiger partial charge in [-0.2, -0.15) is 5.10 Å². The summed E-state index contributed by atoms with van der Waals surface area (Å²) in [6.07, 6.45) is 0. The molecule has 1 aromatic rings. The quantitative estimate of drug-likeness (QED) is 0.785. The molecular formula is C9H12FN3O3. The fourth-order valence-corrected chi connectivity index (χ4v) is 1.26. The molecule has 2 N–H and O–H groups in total. The molecule has 7 heteroatoms. The van der Waals surface area contributed by atoms with Gasteiger partial charge in [0.2, 0.25) is 0 Å². The summed E-state index contributed by atoms with van der Waals surface area (Å²) in [4.78, 5) is 23.7. The Kier molecular flexibility index (Phi) is 3.60. The van der Waals surface area contributed by atoms with E-state index in [9.17, 15) is 14.0 Å². The first-order chi connectivity index (χ1) is 7.49. The molecule has 0 aliphatic rings. The molecule has 0 bridgehead atoms. The number of carboxylic acid groups (broad SMARTS) is 1. The summed E-state index contributed by atoms with van der Waals surface area (Å²) in [5, 5.41) is 14.7. The van der Waals surface area contributed by atoms with Crippen LogP contribution in [0.4, 0.5) is 4.39 Å². The van der Waals surface area contributed by atoms with Crippen LogP contribution >= 0.6 is 0 Å². The Morgan fingerprint density at radius 3 is 2.69 bits per heavy atom. The van der Waals surface area contributed by atoms with Gasteiger partial charge in [-0.05, 0) is 6.92 Å². The molecule has 6 nitrogen and oxygen atoms in total. The number of aryl methyl sites for hydroxylation is 1. The van der Waals surface area contributed by atoms with E-state index in [0.29, 0.717) is 5.69 Å². The fraction of sp³-hybridized carbons (Fsp3) is 0.444. The molecule has 0 saturated heterocycles. The van der Waals surface area contributed by atoms with Gasteiger partial charge in [-0.25, -0.2) is 9.18 Å². The number of aromatic carboxylic acids is 1. The summed E-state index contributed by atoms with van der Waals surface area (Å²) >= 11 is 0. The molecule has 0 unspecified atom stereocenters. The Hall–Kier alpha value is -1.92. The molecule has 1 aromatic heterocycles. The van der Waals surface area contributed by atoms with Crippen LogP contribution < -0.4 is 0 Å². The van der Waals surface area contributed by atoms with Gasteiger partial charge in [0.05, 0.1) is 5.56 Å². The molecule has 1 rings (SSSR count). The summed E-state index contributed by atoms with van der Waals surface area (Å²) in [6, 6.07) is 0. The molecule has 0 saturated carbocycles. The van der Waals surface area contributed by atoms with Gasteiger partial charge in [0.15, 0.2) is 5.69 Å². The Bertz CT molecular complexity index is 416. The van der Waals surface area contributed by atoms with E-state index >= 15 is 0 Å².